The third kappa shape index (κ3) is 3.30. The van der Waals surface area contributed by atoms with Gasteiger partial charge in [-0.15, -0.1) is 0 Å². The molecule has 0 aliphatic carbocycles. The highest BCUT2D eigenvalue weighted by Gasteiger charge is 2.30. The lowest BCUT2D eigenvalue weighted by atomic mass is 9.91. The van der Waals surface area contributed by atoms with Crippen LogP contribution in [0.25, 0.3) is 6.08 Å². The van der Waals surface area contributed by atoms with E-state index in [2.05, 4.69) is 12.0 Å². The van der Waals surface area contributed by atoms with Gasteiger partial charge in [0.25, 0.3) is 0 Å². The number of amides is 1. The van der Waals surface area contributed by atoms with E-state index in [1.54, 1.807) is 22.7 Å². The van der Waals surface area contributed by atoms with Crippen LogP contribution < -0.4 is 0 Å². The summed E-state index contributed by atoms with van der Waals surface area (Å²) in [6.07, 6.45) is 5.26. The van der Waals surface area contributed by atoms with Crippen LogP contribution in [0.15, 0.2) is 6.08 Å². The van der Waals surface area contributed by atoms with Crippen LogP contribution >= 0.6 is 11.6 Å². The molecule has 1 N–H and O–H groups in total. The summed E-state index contributed by atoms with van der Waals surface area (Å²) in [6.45, 7) is 4.63. The SMILES string of the molecule is Cc1nn(C)c(Cl)c1/C=C/C(=O)N1CCCC(C)C1CO. The van der Waals surface area contributed by atoms with Gasteiger partial charge >= 0.3 is 0 Å². The number of rotatable bonds is 3. The van der Waals surface area contributed by atoms with Crippen LogP contribution in [0.5, 0.6) is 0 Å². The van der Waals surface area contributed by atoms with Gasteiger partial charge in [-0.1, -0.05) is 18.5 Å². The van der Waals surface area contributed by atoms with Crippen molar-refractivity contribution < 1.29 is 9.90 Å². The highest BCUT2D eigenvalue weighted by Crippen LogP contribution is 2.24. The molecule has 2 atom stereocenters. The van der Waals surface area contributed by atoms with Gasteiger partial charge in [-0.05, 0) is 31.8 Å². The number of hydrogen-bond donors (Lipinski definition) is 1. The fraction of sp³-hybridized carbons (Fsp3) is 0.600. The van der Waals surface area contributed by atoms with E-state index in [0.29, 0.717) is 17.6 Å². The normalized spacial score (nSPS) is 23.0. The summed E-state index contributed by atoms with van der Waals surface area (Å²) in [7, 11) is 1.77. The van der Waals surface area contributed by atoms with Gasteiger partial charge in [0.05, 0.1) is 18.3 Å². The molecule has 5 nitrogen and oxygen atoms in total. The molecule has 1 aromatic rings. The van der Waals surface area contributed by atoms with Crippen molar-refractivity contribution in [3.8, 4) is 0 Å². The Morgan fingerprint density at radius 2 is 2.29 bits per heavy atom. The summed E-state index contributed by atoms with van der Waals surface area (Å²) in [5, 5.41) is 14.2. The maximum absolute atomic E-state index is 12.4. The average Bonchev–Trinajstić information content (AvgIpc) is 2.69. The smallest absolute Gasteiger partial charge is 0.246 e. The molecule has 2 heterocycles. The Kier molecular flexibility index (Phi) is 5.06. The number of hydrogen-bond acceptors (Lipinski definition) is 3. The lowest BCUT2D eigenvalue weighted by Gasteiger charge is -2.38. The molecule has 1 fully saturated rings. The van der Waals surface area contributed by atoms with Gasteiger partial charge in [0, 0.05) is 25.2 Å². The average molecular weight is 312 g/mol. The van der Waals surface area contributed by atoms with Crippen LogP contribution in [0.2, 0.25) is 5.15 Å². The third-order valence-electron chi connectivity index (χ3n) is 4.17. The van der Waals surface area contributed by atoms with Crippen molar-refractivity contribution in [2.75, 3.05) is 13.2 Å². The van der Waals surface area contributed by atoms with Gasteiger partial charge in [0.1, 0.15) is 5.15 Å². The molecule has 116 valence electrons. The number of carbonyl (C=O) groups excluding carboxylic acids is 1. The monoisotopic (exact) mass is 311 g/mol. The number of likely N-dealkylation sites (tertiary alicyclic amines) is 1. The molecule has 1 amide bonds. The van der Waals surface area contributed by atoms with Crippen molar-refractivity contribution in [1.82, 2.24) is 14.7 Å². The second kappa shape index (κ2) is 6.62. The number of nitrogens with zero attached hydrogens (tertiary/aromatic N) is 3. The molecule has 1 aromatic heterocycles. The molecular formula is C15H22ClN3O2. The van der Waals surface area contributed by atoms with Gasteiger partial charge in [0.2, 0.25) is 5.91 Å². The van der Waals surface area contributed by atoms with Crippen molar-refractivity contribution in [3.05, 3.63) is 22.5 Å². The maximum atomic E-state index is 12.4. The second-order valence-electron chi connectivity index (χ2n) is 5.65. The summed E-state index contributed by atoms with van der Waals surface area (Å²) in [4.78, 5) is 14.1. The molecule has 6 heteroatoms. The van der Waals surface area contributed by atoms with Gasteiger partial charge in [-0.25, -0.2) is 0 Å². The Hall–Kier alpha value is -1.33. The zero-order valence-corrected chi connectivity index (χ0v) is 13.5. The van der Waals surface area contributed by atoms with Crippen molar-refractivity contribution in [2.45, 2.75) is 32.7 Å². The molecule has 1 saturated heterocycles. The van der Waals surface area contributed by atoms with E-state index in [4.69, 9.17) is 11.6 Å². The van der Waals surface area contributed by atoms with E-state index in [0.717, 1.165) is 24.1 Å². The van der Waals surface area contributed by atoms with Crippen LogP contribution in [0.4, 0.5) is 0 Å². The van der Waals surface area contributed by atoms with E-state index in [1.807, 2.05) is 6.92 Å². The summed E-state index contributed by atoms with van der Waals surface area (Å²) in [6, 6.07) is -0.0960. The number of aryl methyl sites for hydroxylation is 2. The van der Waals surface area contributed by atoms with Crippen molar-refractivity contribution in [2.24, 2.45) is 13.0 Å². The fourth-order valence-electron chi connectivity index (χ4n) is 2.89. The number of aliphatic hydroxyl groups is 1. The molecule has 2 unspecified atom stereocenters. The number of aromatic nitrogens is 2. The zero-order chi connectivity index (χ0) is 15.6. The van der Waals surface area contributed by atoms with E-state index < -0.39 is 0 Å². The molecule has 0 saturated carbocycles. The van der Waals surface area contributed by atoms with Crippen LogP contribution in [0.1, 0.15) is 31.0 Å². The van der Waals surface area contributed by atoms with Crippen molar-refractivity contribution >= 4 is 23.6 Å². The highest BCUT2D eigenvalue weighted by molar-refractivity contribution is 6.31. The molecule has 0 spiro atoms. The molecule has 0 radical (unpaired) electrons. The minimum atomic E-state index is -0.0960. The summed E-state index contributed by atoms with van der Waals surface area (Å²) in [5.41, 5.74) is 1.55. The van der Waals surface area contributed by atoms with Gasteiger partial charge in [0.15, 0.2) is 0 Å². The van der Waals surface area contributed by atoms with Crippen LogP contribution in [0, 0.1) is 12.8 Å². The predicted octanol–water partition coefficient (Wildman–Crippen LogP) is 2.01. The quantitative estimate of drug-likeness (QED) is 0.869. The lowest BCUT2D eigenvalue weighted by molar-refractivity contribution is -0.132. The number of carbonyl (C=O) groups is 1. The standard InChI is InChI=1S/C15H22ClN3O2/c1-10-5-4-8-19(13(10)9-20)14(21)7-6-12-11(2)17-18(3)15(12)16/h6-7,10,13,20H,4-5,8-9H2,1-3H3/b7-6+. The third-order valence-corrected chi connectivity index (χ3v) is 4.62. The summed E-state index contributed by atoms with van der Waals surface area (Å²) in [5.74, 6) is 0.240. The lowest BCUT2D eigenvalue weighted by Crippen LogP contribution is -2.49. The molecule has 2 rings (SSSR count). The topological polar surface area (TPSA) is 58.4 Å². The maximum Gasteiger partial charge on any atom is 0.246 e. The molecule has 21 heavy (non-hydrogen) atoms. The minimum absolute atomic E-state index is 0.00736. The van der Waals surface area contributed by atoms with E-state index in [-0.39, 0.29) is 18.6 Å². The molecular weight excluding hydrogens is 290 g/mol. The van der Waals surface area contributed by atoms with Gasteiger partial charge in [-0.3, -0.25) is 9.48 Å². The van der Waals surface area contributed by atoms with Gasteiger partial charge in [-0.2, -0.15) is 5.10 Å². The Morgan fingerprint density at radius 1 is 1.57 bits per heavy atom. The molecule has 0 bridgehead atoms. The first-order valence-electron chi connectivity index (χ1n) is 7.24. The molecule has 1 aliphatic heterocycles. The predicted molar refractivity (Wildman–Crippen MR) is 83.0 cm³/mol. The van der Waals surface area contributed by atoms with Crippen molar-refractivity contribution in [3.63, 3.8) is 0 Å². The van der Waals surface area contributed by atoms with Gasteiger partial charge < -0.3 is 10.0 Å². The molecule has 0 aromatic carbocycles. The Bertz CT molecular complexity index is 553. The first-order valence-corrected chi connectivity index (χ1v) is 7.62. The second-order valence-corrected chi connectivity index (χ2v) is 6.01. The van der Waals surface area contributed by atoms with E-state index in [9.17, 15) is 9.90 Å². The Balaban J connectivity index is 2.15. The first kappa shape index (κ1) is 16.0. The van der Waals surface area contributed by atoms with Crippen LogP contribution in [0.3, 0.4) is 0 Å². The minimum Gasteiger partial charge on any atom is -0.394 e. The highest BCUT2D eigenvalue weighted by atomic mass is 35.5. The Morgan fingerprint density at radius 3 is 2.86 bits per heavy atom. The largest absolute Gasteiger partial charge is 0.394 e. The van der Waals surface area contributed by atoms with Crippen LogP contribution in [-0.4, -0.2) is 44.9 Å². The van der Waals surface area contributed by atoms with E-state index >= 15 is 0 Å². The first-order chi connectivity index (χ1) is 9.95. The summed E-state index contributed by atoms with van der Waals surface area (Å²) < 4.78 is 1.58. The Labute approximate surface area is 130 Å². The zero-order valence-electron chi connectivity index (χ0n) is 12.7. The van der Waals surface area contributed by atoms with Crippen LogP contribution in [-0.2, 0) is 11.8 Å². The van der Waals surface area contributed by atoms with Crippen molar-refractivity contribution in [1.29, 1.82) is 0 Å². The van der Waals surface area contributed by atoms with E-state index in [1.165, 1.54) is 6.08 Å². The number of halogens is 1. The molecule has 1 aliphatic rings. The summed E-state index contributed by atoms with van der Waals surface area (Å²) >= 11 is 6.15. The number of aliphatic hydroxyl groups excluding tert-OH is 1. The fourth-order valence-corrected chi connectivity index (χ4v) is 3.12. The number of piperidine rings is 1.